The lowest BCUT2D eigenvalue weighted by molar-refractivity contribution is 0.382. The topological polar surface area (TPSA) is 51.0 Å². The summed E-state index contributed by atoms with van der Waals surface area (Å²) < 4.78 is 4.97. The molecular weight excluding hydrogens is 282 g/mol. The summed E-state index contributed by atoms with van der Waals surface area (Å²) in [6.45, 7) is 2.40. The lowest BCUT2D eigenvalue weighted by Gasteiger charge is -2.25. The molecule has 3 rings (SSSR count). The average molecular weight is 296 g/mol. The SMILES string of the molecule is Cc1nc(CNC2CCSc3ccc(Cl)cc32)no1. The Morgan fingerprint density at radius 2 is 2.42 bits per heavy atom. The summed E-state index contributed by atoms with van der Waals surface area (Å²) in [5.74, 6) is 2.40. The average Bonchev–Trinajstić information content (AvgIpc) is 2.82. The van der Waals surface area contributed by atoms with Gasteiger partial charge in [-0.15, -0.1) is 11.8 Å². The maximum absolute atomic E-state index is 6.09. The zero-order chi connectivity index (χ0) is 13.2. The molecule has 1 aliphatic rings. The Labute approximate surface area is 120 Å². The van der Waals surface area contributed by atoms with Crippen molar-refractivity contribution in [3.63, 3.8) is 0 Å². The van der Waals surface area contributed by atoms with E-state index in [4.69, 9.17) is 16.1 Å². The molecular formula is C13H14ClN3OS. The number of hydrogen-bond acceptors (Lipinski definition) is 5. The van der Waals surface area contributed by atoms with Crippen LogP contribution in [0.25, 0.3) is 0 Å². The van der Waals surface area contributed by atoms with Gasteiger partial charge in [-0.05, 0) is 35.9 Å². The maximum Gasteiger partial charge on any atom is 0.223 e. The minimum atomic E-state index is 0.300. The Kier molecular flexibility index (Phi) is 3.77. The van der Waals surface area contributed by atoms with Crippen LogP contribution in [0.2, 0.25) is 5.02 Å². The minimum absolute atomic E-state index is 0.300. The highest BCUT2D eigenvalue weighted by atomic mass is 35.5. The zero-order valence-corrected chi connectivity index (χ0v) is 12.1. The first kappa shape index (κ1) is 13.0. The predicted octanol–water partition coefficient (Wildman–Crippen LogP) is 3.36. The molecule has 1 aromatic carbocycles. The molecule has 19 heavy (non-hydrogen) atoms. The molecule has 0 amide bonds. The molecule has 0 radical (unpaired) electrons. The van der Waals surface area contributed by atoms with Gasteiger partial charge in [0.2, 0.25) is 5.89 Å². The number of halogens is 1. The number of thioether (sulfide) groups is 1. The number of aromatic nitrogens is 2. The van der Waals surface area contributed by atoms with Crippen LogP contribution in [-0.4, -0.2) is 15.9 Å². The third kappa shape index (κ3) is 2.94. The second kappa shape index (κ2) is 5.53. The summed E-state index contributed by atoms with van der Waals surface area (Å²) in [6.07, 6.45) is 1.08. The first-order chi connectivity index (χ1) is 9.22. The molecule has 100 valence electrons. The van der Waals surface area contributed by atoms with Crippen LogP contribution in [0.3, 0.4) is 0 Å². The van der Waals surface area contributed by atoms with Crippen LogP contribution in [0.4, 0.5) is 0 Å². The maximum atomic E-state index is 6.09. The molecule has 0 saturated heterocycles. The van der Waals surface area contributed by atoms with Crippen LogP contribution < -0.4 is 5.32 Å². The van der Waals surface area contributed by atoms with Crippen molar-refractivity contribution in [1.29, 1.82) is 0 Å². The van der Waals surface area contributed by atoms with Gasteiger partial charge >= 0.3 is 0 Å². The standard InChI is InChI=1S/C13H14ClN3OS/c1-8-16-13(17-18-8)7-15-11-4-5-19-12-3-2-9(14)6-10(11)12/h2-3,6,11,15H,4-5,7H2,1H3. The van der Waals surface area contributed by atoms with Crippen LogP contribution in [0, 0.1) is 6.92 Å². The zero-order valence-electron chi connectivity index (χ0n) is 10.5. The van der Waals surface area contributed by atoms with Gasteiger partial charge in [0.15, 0.2) is 5.82 Å². The number of nitrogens with one attached hydrogen (secondary N) is 1. The molecule has 6 heteroatoms. The smallest absolute Gasteiger partial charge is 0.223 e. The van der Waals surface area contributed by atoms with Crippen LogP contribution in [-0.2, 0) is 6.54 Å². The van der Waals surface area contributed by atoms with Gasteiger partial charge in [0.1, 0.15) is 0 Å². The van der Waals surface area contributed by atoms with E-state index in [2.05, 4.69) is 21.5 Å². The van der Waals surface area contributed by atoms with Crippen LogP contribution in [0.1, 0.15) is 29.7 Å². The fraction of sp³-hybridized carbons (Fsp3) is 0.385. The van der Waals surface area contributed by atoms with E-state index in [0.29, 0.717) is 24.3 Å². The summed E-state index contributed by atoms with van der Waals surface area (Å²) in [7, 11) is 0. The summed E-state index contributed by atoms with van der Waals surface area (Å²) in [5.41, 5.74) is 1.27. The summed E-state index contributed by atoms with van der Waals surface area (Å²) in [5, 5.41) is 8.15. The van der Waals surface area contributed by atoms with Crippen molar-refractivity contribution < 1.29 is 4.52 Å². The van der Waals surface area contributed by atoms with Gasteiger partial charge in [0, 0.05) is 22.9 Å². The van der Waals surface area contributed by atoms with Gasteiger partial charge in [0.25, 0.3) is 0 Å². The van der Waals surface area contributed by atoms with Gasteiger partial charge in [-0.1, -0.05) is 16.8 Å². The van der Waals surface area contributed by atoms with Gasteiger partial charge in [-0.3, -0.25) is 0 Å². The van der Waals surface area contributed by atoms with Crippen LogP contribution in [0.15, 0.2) is 27.6 Å². The molecule has 0 aliphatic carbocycles. The highest BCUT2D eigenvalue weighted by Crippen LogP contribution is 2.37. The van der Waals surface area contributed by atoms with Crippen LogP contribution >= 0.6 is 23.4 Å². The van der Waals surface area contributed by atoms with Crippen molar-refractivity contribution in [2.45, 2.75) is 30.8 Å². The van der Waals surface area contributed by atoms with Crippen molar-refractivity contribution >= 4 is 23.4 Å². The van der Waals surface area contributed by atoms with E-state index < -0.39 is 0 Å². The number of aryl methyl sites for hydroxylation is 1. The van der Waals surface area contributed by atoms with Gasteiger partial charge in [-0.2, -0.15) is 4.98 Å². The minimum Gasteiger partial charge on any atom is -0.340 e. The molecule has 1 unspecified atom stereocenters. The summed E-state index contributed by atoms with van der Waals surface area (Å²) >= 11 is 7.96. The van der Waals surface area contributed by atoms with Crippen LogP contribution in [0.5, 0.6) is 0 Å². The molecule has 0 saturated carbocycles. The van der Waals surface area contributed by atoms with E-state index in [-0.39, 0.29) is 0 Å². The fourth-order valence-corrected chi connectivity index (χ4v) is 3.49. The molecule has 1 aromatic heterocycles. The largest absolute Gasteiger partial charge is 0.340 e. The fourth-order valence-electron chi connectivity index (χ4n) is 2.20. The van der Waals surface area contributed by atoms with Crippen molar-refractivity contribution in [2.24, 2.45) is 0 Å². The molecule has 4 nitrogen and oxygen atoms in total. The number of fused-ring (bicyclic) bond motifs is 1. The lowest BCUT2D eigenvalue weighted by atomic mass is 10.0. The number of benzene rings is 1. The normalized spacial score (nSPS) is 18.3. The first-order valence-corrected chi connectivity index (χ1v) is 7.53. The highest BCUT2D eigenvalue weighted by Gasteiger charge is 2.21. The highest BCUT2D eigenvalue weighted by molar-refractivity contribution is 7.99. The second-order valence-corrected chi connectivity index (χ2v) is 6.06. The molecule has 0 spiro atoms. The predicted molar refractivity (Wildman–Crippen MR) is 75.4 cm³/mol. The lowest BCUT2D eigenvalue weighted by Crippen LogP contribution is -2.24. The van der Waals surface area contributed by atoms with Crippen molar-refractivity contribution in [2.75, 3.05) is 5.75 Å². The molecule has 0 bridgehead atoms. The monoisotopic (exact) mass is 295 g/mol. The van der Waals surface area contributed by atoms with E-state index >= 15 is 0 Å². The van der Waals surface area contributed by atoms with Gasteiger partial charge in [-0.25, -0.2) is 0 Å². The Hall–Kier alpha value is -1.04. The van der Waals surface area contributed by atoms with Gasteiger partial charge in [0.05, 0.1) is 6.54 Å². The van der Waals surface area contributed by atoms with E-state index in [1.165, 1.54) is 10.5 Å². The summed E-state index contributed by atoms with van der Waals surface area (Å²) in [6, 6.07) is 6.38. The molecule has 1 atom stereocenters. The quantitative estimate of drug-likeness (QED) is 0.941. The molecule has 2 heterocycles. The molecule has 2 aromatic rings. The Morgan fingerprint density at radius 3 is 3.21 bits per heavy atom. The van der Waals surface area contributed by atoms with Crippen molar-refractivity contribution in [1.82, 2.24) is 15.5 Å². The number of nitrogens with zero attached hydrogens (tertiary/aromatic N) is 2. The third-order valence-corrected chi connectivity index (χ3v) is 4.45. The third-order valence-electron chi connectivity index (χ3n) is 3.09. The summed E-state index contributed by atoms with van der Waals surface area (Å²) in [4.78, 5) is 5.50. The van der Waals surface area contributed by atoms with Crippen molar-refractivity contribution in [3.8, 4) is 0 Å². The second-order valence-electron chi connectivity index (χ2n) is 4.48. The number of hydrogen-bond donors (Lipinski definition) is 1. The van der Waals surface area contributed by atoms with E-state index in [9.17, 15) is 0 Å². The first-order valence-electron chi connectivity index (χ1n) is 6.17. The molecule has 1 N–H and O–H groups in total. The van der Waals surface area contributed by atoms with E-state index in [1.54, 1.807) is 6.92 Å². The van der Waals surface area contributed by atoms with Gasteiger partial charge < -0.3 is 9.84 Å². The Balaban J connectivity index is 1.74. The molecule has 0 fully saturated rings. The Morgan fingerprint density at radius 1 is 1.53 bits per heavy atom. The van der Waals surface area contributed by atoms with E-state index in [0.717, 1.165) is 17.2 Å². The van der Waals surface area contributed by atoms with E-state index in [1.807, 2.05) is 23.9 Å². The Bertz CT molecular complexity index is 587. The number of rotatable bonds is 3. The van der Waals surface area contributed by atoms with Crippen molar-refractivity contribution in [3.05, 3.63) is 40.5 Å². The molecule has 1 aliphatic heterocycles.